The van der Waals surface area contributed by atoms with Crippen molar-refractivity contribution in [3.05, 3.63) is 39.3 Å². The summed E-state index contributed by atoms with van der Waals surface area (Å²) in [5.41, 5.74) is 2.42. The standard InChI is InChI=1S/C11H8BrN3S/c1-7-3-2-4-9(8(7)5-13)14-11-15-10(12)6-16-11/h2-4,6H,1H3,(H,14,15). The second kappa shape index (κ2) is 4.64. The lowest BCUT2D eigenvalue weighted by Gasteiger charge is -2.06. The molecule has 2 rings (SSSR count). The molecule has 0 spiro atoms. The van der Waals surface area contributed by atoms with Crippen LogP contribution in [0.5, 0.6) is 0 Å². The highest BCUT2D eigenvalue weighted by atomic mass is 79.9. The van der Waals surface area contributed by atoms with E-state index >= 15 is 0 Å². The van der Waals surface area contributed by atoms with Gasteiger partial charge in [-0.25, -0.2) is 4.98 Å². The Kier molecular flexibility index (Phi) is 3.22. The predicted molar refractivity (Wildman–Crippen MR) is 69.0 cm³/mol. The summed E-state index contributed by atoms with van der Waals surface area (Å²) in [7, 11) is 0. The molecule has 1 aromatic heterocycles. The zero-order chi connectivity index (χ0) is 11.5. The molecule has 16 heavy (non-hydrogen) atoms. The minimum atomic E-state index is 0.661. The zero-order valence-electron chi connectivity index (χ0n) is 8.49. The molecule has 0 amide bonds. The Bertz CT molecular complexity index is 557. The van der Waals surface area contributed by atoms with E-state index in [1.807, 2.05) is 30.5 Å². The Morgan fingerprint density at radius 2 is 2.31 bits per heavy atom. The molecular weight excluding hydrogens is 286 g/mol. The molecule has 0 radical (unpaired) electrons. The third kappa shape index (κ3) is 2.23. The number of nitrogens with one attached hydrogen (secondary N) is 1. The van der Waals surface area contributed by atoms with E-state index in [2.05, 4.69) is 32.3 Å². The first-order valence-electron chi connectivity index (χ1n) is 4.58. The molecule has 1 aromatic carbocycles. The number of hydrogen-bond donors (Lipinski definition) is 1. The maximum atomic E-state index is 9.07. The van der Waals surface area contributed by atoms with Crippen molar-refractivity contribution in [3.63, 3.8) is 0 Å². The van der Waals surface area contributed by atoms with Gasteiger partial charge in [0.15, 0.2) is 5.13 Å². The number of hydrogen-bond acceptors (Lipinski definition) is 4. The summed E-state index contributed by atoms with van der Waals surface area (Å²) in [6.07, 6.45) is 0. The topological polar surface area (TPSA) is 48.7 Å². The summed E-state index contributed by atoms with van der Waals surface area (Å²) in [5, 5.41) is 14.9. The highest BCUT2D eigenvalue weighted by Gasteiger charge is 2.06. The van der Waals surface area contributed by atoms with Crippen LogP contribution in [0, 0.1) is 18.3 Å². The minimum absolute atomic E-state index is 0.661. The van der Waals surface area contributed by atoms with Gasteiger partial charge in [0, 0.05) is 5.38 Å². The Balaban J connectivity index is 2.35. The van der Waals surface area contributed by atoms with Crippen LogP contribution in [-0.2, 0) is 0 Å². The second-order valence-corrected chi connectivity index (χ2v) is 4.88. The Morgan fingerprint density at radius 3 is 2.94 bits per heavy atom. The molecule has 0 aliphatic rings. The quantitative estimate of drug-likeness (QED) is 0.915. The Morgan fingerprint density at radius 1 is 1.50 bits per heavy atom. The smallest absolute Gasteiger partial charge is 0.188 e. The van der Waals surface area contributed by atoms with Gasteiger partial charge in [0.25, 0.3) is 0 Å². The van der Waals surface area contributed by atoms with Crippen LogP contribution in [0.25, 0.3) is 0 Å². The van der Waals surface area contributed by atoms with Crippen LogP contribution in [0.4, 0.5) is 10.8 Å². The monoisotopic (exact) mass is 293 g/mol. The molecular formula is C11H8BrN3S. The first-order chi connectivity index (χ1) is 7.70. The van der Waals surface area contributed by atoms with Crippen LogP contribution in [-0.4, -0.2) is 4.98 Å². The summed E-state index contributed by atoms with van der Waals surface area (Å²) in [6, 6.07) is 7.91. The van der Waals surface area contributed by atoms with Gasteiger partial charge in [-0.15, -0.1) is 11.3 Å². The molecule has 0 fully saturated rings. The predicted octanol–water partition coefficient (Wildman–Crippen LogP) is 3.83. The van der Waals surface area contributed by atoms with Crippen molar-refractivity contribution in [3.8, 4) is 6.07 Å². The third-order valence-electron chi connectivity index (χ3n) is 2.10. The number of rotatable bonds is 2. The number of aromatic nitrogens is 1. The van der Waals surface area contributed by atoms with Crippen LogP contribution >= 0.6 is 27.3 Å². The lowest BCUT2D eigenvalue weighted by atomic mass is 10.1. The SMILES string of the molecule is Cc1cccc(Nc2nc(Br)cs2)c1C#N. The van der Waals surface area contributed by atoms with E-state index in [0.717, 1.165) is 21.0 Å². The summed E-state index contributed by atoms with van der Waals surface area (Å²) < 4.78 is 0.797. The molecule has 0 unspecified atom stereocenters. The molecule has 0 aliphatic carbocycles. The van der Waals surface area contributed by atoms with Crippen LogP contribution in [0.2, 0.25) is 0 Å². The fraction of sp³-hybridized carbons (Fsp3) is 0.0909. The van der Waals surface area contributed by atoms with Crippen LogP contribution in [0.15, 0.2) is 28.2 Å². The van der Waals surface area contributed by atoms with Gasteiger partial charge in [-0.3, -0.25) is 0 Å². The second-order valence-electron chi connectivity index (χ2n) is 3.21. The van der Waals surface area contributed by atoms with Crippen LogP contribution in [0.3, 0.4) is 0 Å². The molecule has 0 atom stereocenters. The van der Waals surface area contributed by atoms with Crippen molar-refractivity contribution in [1.29, 1.82) is 5.26 Å². The van der Waals surface area contributed by atoms with Crippen molar-refractivity contribution in [1.82, 2.24) is 4.98 Å². The molecule has 0 saturated heterocycles. The minimum Gasteiger partial charge on any atom is -0.330 e. The molecule has 0 aliphatic heterocycles. The summed E-state index contributed by atoms with van der Waals surface area (Å²) in [6.45, 7) is 1.92. The summed E-state index contributed by atoms with van der Waals surface area (Å²) in [5.74, 6) is 0. The van der Waals surface area contributed by atoms with Gasteiger partial charge < -0.3 is 5.32 Å². The number of benzene rings is 1. The van der Waals surface area contributed by atoms with Gasteiger partial charge in [-0.05, 0) is 34.5 Å². The number of nitrogens with zero attached hydrogens (tertiary/aromatic N) is 2. The Hall–Kier alpha value is -1.38. The largest absolute Gasteiger partial charge is 0.330 e. The van der Waals surface area contributed by atoms with E-state index in [-0.39, 0.29) is 0 Å². The lowest BCUT2D eigenvalue weighted by molar-refractivity contribution is 1.33. The number of halogens is 1. The van der Waals surface area contributed by atoms with Gasteiger partial charge in [0.1, 0.15) is 10.7 Å². The molecule has 5 heteroatoms. The number of nitriles is 1. The van der Waals surface area contributed by atoms with Crippen molar-refractivity contribution < 1.29 is 0 Å². The third-order valence-corrected chi connectivity index (χ3v) is 3.57. The molecule has 80 valence electrons. The first-order valence-corrected chi connectivity index (χ1v) is 6.25. The van der Waals surface area contributed by atoms with Gasteiger partial charge >= 0.3 is 0 Å². The highest BCUT2D eigenvalue weighted by Crippen LogP contribution is 2.26. The summed E-state index contributed by atoms with van der Waals surface area (Å²) >= 11 is 4.78. The lowest BCUT2D eigenvalue weighted by Crippen LogP contribution is -1.94. The van der Waals surface area contributed by atoms with Crippen LogP contribution < -0.4 is 5.32 Å². The van der Waals surface area contributed by atoms with Crippen molar-refractivity contribution in [2.24, 2.45) is 0 Å². The van der Waals surface area contributed by atoms with Crippen molar-refractivity contribution >= 4 is 38.1 Å². The molecule has 0 bridgehead atoms. The number of anilines is 2. The average molecular weight is 294 g/mol. The van der Waals surface area contributed by atoms with E-state index < -0.39 is 0 Å². The van der Waals surface area contributed by atoms with Gasteiger partial charge in [-0.2, -0.15) is 5.26 Å². The molecule has 1 heterocycles. The molecule has 0 saturated carbocycles. The highest BCUT2D eigenvalue weighted by molar-refractivity contribution is 9.10. The fourth-order valence-electron chi connectivity index (χ4n) is 1.35. The zero-order valence-corrected chi connectivity index (χ0v) is 10.9. The molecule has 2 aromatic rings. The maximum Gasteiger partial charge on any atom is 0.188 e. The fourth-order valence-corrected chi connectivity index (χ4v) is 2.50. The Labute approximate surface area is 106 Å². The van der Waals surface area contributed by atoms with E-state index in [4.69, 9.17) is 5.26 Å². The molecule has 1 N–H and O–H groups in total. The average Bonchev–Trinajstić information content (AvgIpc) is 2.64. The number of thiazole rings is 1. The number of aryl methyl sites for hydroxylation is 1. The van der Waals surface area contributed by atoms with Gasteiger partial charge in [0.05, 0.1) is 11.3 Å². The maximum absolute atomic E-state index is 9.07. The molecule has 3 nitrogen and oxygen atoms in total. The van der Waals surface area contributed by atoms with Gasteiger partial charge in [-0.1, -0.05) is 12.1 Å². The first kappa shape index (κ1) is 11.1. The van der Waals surface area contributed by atoms with E-state index in [1.54, 1.807) is 0 Å². The normalized spacial score (nSPS) is 9.81. The van der Waals surface area contributed by atoms with E-state index in [0.29, 0.717) is 5.56 Å². The van der Waals surface area contributed by atoms with Crippen LogP contribution in [0.1, 0.15) is 11.1 Å². The van der Waals surface area contributed by atoms with Crippen molar-refractivity contribution in [2.75, 3.05) is 5.32 Å². The summed E-state index contributed by atoms with van der Waals surface area (Å²) in [4.78, 5) is 4.23. The van der Waals surface area contributed by atoms with E-state index in [1.165, 1.54) is 11.3 Å². The van der Waals surface area contributed by atoms with Crippen molar-refractivity contribution in [2.45, 2.75) is 6.92 Å². The van der Waals surface area contributed by atoms with Gasteiger partial charge in [0.2, 0.25) is 0 Å². The van der Waals surface area contributed by atoms with E-state index in [9.17, 15) is 0 Å².